The summed E-state index contributed by atoms with van der Waals surface area (Å²) < 4.78 is 34.4. The molecule has 11 atom stereocenters. The van der Waals surface area contributed by atoms with Gasteiger partial charge in [0.15, 0.2) is 12.6 Å². The number of aliphatic hydroxyl groups is 7. The number of carbonyl (C=O) groups excluding carboxylic acids is 1. The van der Waals surface area contributed by atoms with E-state index in [-0.39, 0.29) is 25.6 Å². The molecular weight excluding hydrogens is 933 g/mol. The quantitative estimate of drug-likeness (QED) is 0.0172. The minimum atomic E-state index is -1.71. The number of carbonyl (C=O) groups is 1. The zero-order valence-corrected chi connectivity index (χ0v) is 45.9. The maximum atomic E-state index is 13.1. The fourth-order valence-electron chi connectivity index (χ4n) is 9.31. The molecule has 73 heavy (non-hydrogen) atoms. The number of esters is 1. The summed E-state index contributed by atoms with van der Waals surface area (Å²) in [7, 11) is 0. The van der Waals surface area contributed by atoms with Crippen LogP contribution < -0.4 is 0 Å². The molecule has 428 valence electrons. The summed E-state index contributed by atoms with van der Waals surface area (Å²) in [4.78, 5) is 13.1. The Morgan fingerprint density at radius 3 is 1.36 bits per heavy atom. The first-order valence-corrected chi connectivity index (χ1v) is 29.6. The molecule has 0 saturated carbocycles. The third kappa shape index (κ3) is 33.2. The fourth-order valence-corrected chi connectivity index (χ4v) is 9.31. The molecule has 14 nitrogen and oxygen atoms in total. The van der Waals surface area contributed by atoms with Crippen molar-refractivity contribution in [2.45, 2.75) is 300 Å². The van der Waals surface area contributed by atoms with Crippen LogP contribution in [0.5, 0.6) is 0 Å². The molecule has 2 saturated heterocycles. The minimum absolute atomic E-state index is 0.0582. The van der Waals surface area contributed by atoms with Gasteiger partial charge in [0.2, 0.25) is 0 Å². The highest BCUT2D eigenvalue weighted by Crippen LogP contribution is 2.27. The summed E-state index contributed by atoms with van der Waals surface area (Å²) in [5.74, 6) is -0.378. The third-order valence-electron chi connectivity index (χ3n) is 14.1. The molecular formula is C59H108O14. The molecule has 14 heteroatoms. The van der Waals surface area contributed by atoms with E-state index in [1.807, 2.05) is 0 Å². The SMILES string of the molecule is CCCCC/C=C\C/C=C\CCCCCCCCCCOCC(COC1OC(COC2OC(CO)C(O)C(O)C2O)C(O)C(O)C1O)OC(=O)CCCCCCCCCCC/C=C\CCCCCCCCCC. The molecule has 0 aromatic rings. The second-order valence-corrected chi connectivity index (χ2v) is 20.8. The van der Waals surface area contributed by atoms with Crippen molar-refractivity contribution in [1.29, 1.82) is 0 Å². The molecule has 2 rings (SSSR count). The largest absolute Gasteiger partial charge is 0.457 e. The van der Waals surface area contributed by atoms with Gasteiger partial charge in [-0.15, -0.1) is 0 Å². The van der Waals surface area contributed by atoms with Gasteiger partial charge in [0, 0.05) is 13.0 Å². The Labute approximate surface area is 442 Å². The normalized spacial score (nSPS) is 25.2. The van der Waals surface area contributed by atoms with E-state index in [2.05, 4.69) is 50.3 Å². The molecule has 0 aromatic heterocycles. The average molecular weight is 1040 g/mol. The minimum Gasteiger partial charge on any atom is -0.457 e. The van der Waals surface area contributed by atoms with Crippen molar-refractivity contribution in [1.82, 2.24) is 0 Å². The van der Waals surface area contributed by atoms with Gasteiger partial charge in [0.05, 0.1) is 26.4 Å². The van der Waals surface area contributed by atoms with Gasteiger partial charge < -0.3 is 64.2 Å². The van der Waals surface area contributed by atoms with E-state index in [0.717, 1.165) is 51.4 Å². The number of aliphatic hydroxyl groups excluding tert-OH is 7. The van der Waals surface area contributed by atoms with Crippen molar-refractivity contribution in [3.63, 3.8) is 0 Å². The predicted octanol–water partition coefficient (Wildman–Crippen LogP) is 10.5. The smallest absolute Gasteiger partial charge is 0.306 e. The molecule has 0 spiro atoms. The van der Waals surface area contributed by atoms with Gasteiger partial charge >= 0.3 is 5.97 Å². The summed E-state index contributed by atoms with van der Waals surface area (Å²) in [6.45, 7) is 3.68. The van der Waals surface area contributed by atoms with Crippen LogP contribution in [-0.4, -0.2) is 142 Å². The Balaban J connectivity index is 1.71. The molecule has 2 heterocycles. The van der Waals surface area contributed by atoms with E-state index < -0.39 is 80.7 Å². The van der Waals surface area contributed by atoms with E-state index in [1.54, 1.807) is 0 Å². The van der Waals surface area contributed by atoms with Crippen molar-refractivity contribution >= 4 is 5.97 Å². The molecule has 2 fully saturated rings. The molecule has 0 bridgehead atoms. The maximum absolute atomic E-state index is 13.1. The van der Waals surface area contributed by atoms with Crippen molar-refractivity contribution in [2.75, 3.05) is 33.0 Å². The van der Waals surface area contributed by atoms with Crippen molar-refractivity contribution in [3.05, 3.63) is 36.5 Å². The van der Waals surface area contributed by atoms with Crippen LogP contribution in [0.1, 0.15) is 232 Å². The average Bonchev–Trinajstić information content (AvgIpc) is 3.39. The number of hydrogen-bond donors (Lipinski definition) is 7. The monoisotopic (exact) mass is 1040 g/mol. The summed E-state index contributed by atoms with van der Waals surface area (Å²) in [5.41, 5.74) is 0. The first-order chi connectivity index (χ1) is 35.6. The topological polar surface area (TPSA) is 214 Å². The van der Waals surface area contributed by atoms with Crippen molar-refractivity contribution < 1.29 is 69.0 Å². The van der Waals surface area contributed by atoms with Gasteiger partial charge in [0.25, 0.3) is 0 Å². The lowest BCUT2D eigenvalue weighted by atomic mass is 9.98. The fraction of sp³-hybridized carbons (Fsp3) is 0.881. The van der Waals surface area contributed by atoms with E-state index in [9.17, 15) is 40.5 Å². The molecule has 0 aromatic carbocycles. The Morgan fingerprint density at radius 1 is 0.452 bits per heavy atom. The Morgan fingerprint density at radius 2 is 0.849 bits per heavy atom. The van der Waals surface area contributed by atoms with E-state index in [0.29, 0.717) is 13.0 Å². The molecule has 0 aliphatic carbocycles. The number of ether oxygens (including phenoxy) is 6. The first-order valence-electron chi connectivity index (χ1n) is 29.6. The predicted molar refractivity (Wildman–Crippen MR) is 289 cm³/mol. The standard InChI is InChI=1S/C59H108O14/c1-3-5-7-9-11-13-15-17-19-21-23-24-25-26-28-30-32-34-36-38-40-42-51(61)71-48(45-68-43-41-39-37-35-33-31-29-27-22-20-18-16-14-12-10-8-6-4-2)46-69-58-57(67)55(65)53(63)50(73-58)47-70-59-56(66)54(64)52(62)49(44-60)72-59/h12,14,18,20-21,23,48-50,52-60,62-67H,3-11,13,15-17,19,22,24-47H2,1-2H3/b14-12-,20-18-,23-21-. The lowest BCUT2D eigenvalue weighted by Gasteiger charge is -2.42. The Hall–Kier alpha value is -1.79. The van der Waals surface area contributed by atoms with Crippen LogP contribution in [-0.2, 0) is 33.2 Å². The molecule has 11 unspecified atom stereocenters. The number of rotatable bonds is 48. The lowest BCUT2D eigenvalue weighted by Crippen LogP contribution is -2.61. The maximum Gasteiger partial charge on any atom is 0.306 e. The summed E-state index contributed by atoms with van der Waals surface area (Å²) in [6, 6.07) is 0. The Bertz CT molecular complexity index is 1350. The molecule has 7 N–H and O–H groups in total. The zero-order chi connectivity index (χ0) is 53.0. The molecule has 0 radical (unpaired) electrons. The van der Waals surface area contributed by atoms with E-state index in [1.165, 1.54) is 154 Å². The van der Waals surface area contributed by atoms with Crippen molar-refractivity contribution in [3.8, 4) is 0 Å². The molecule has 2 aliphatic heterocycles. The molecule has 0 amide bonds. The highest BCUT2D eigenvalue weighted by atomic mass is 16.7. The van der Waals surface area contributed by atoms with Gasteiger partial charge in [0.1, 0.15) is 54.9 Å². The number of unbranched alkanes of at least 4 members (excludes halogenated alkanes) is 28. The van der Waals surface area contributed by atoms with Crippen LogP contribution >= 0.6 is 0 Å². The van der Waals surface area contributed by atoms with Gasteiger partial charge in [-0.2, -0.15) is 0 Å². The highest BCUT2D eigenvalue weighted by molar-refractivity contribution is 5.69. The van der Waals surface area contributed by atoms with Crippen LogP contribution in [0.2, 0.25) is 0 Å². The van der Waals surface area contributed by atoms with E-state index >= 15 is 0 Å². The van der Waals surface area contributed by atoms with Crippen LogP contribution in [0.15, 0.2) is 36.5 Å². The first kappa shape index (κ1) is 67.3. The van der Waals surface area contributed by atoms with Crippen LogP contribution in [0.4, 0.5) is 0 Å². The van der Waals surface area contributed by atoms with Crippen LogP contribution in [0.25, 0.3) is 0 Å². The number of hydrogen-bond acceptors (Lipinski definition) is 14. The van der Waals surface area contributed by atoms with Gasteiger partial charge in [-0.3, -0.25) is 4.79 Å². The summed E-state index contributed by atoms with van der Waals surface area (Å²) in [5, 5.41) is 72.3. The van der Waals surface area contributed by atoms with E-state index in [4.69, 9.17) is 28.4 Å². The lowest BCUT2D eigenvalue weighted by molar-refractivity contribution is -0.332. The summed E-state index contributed by atoms with van der Waals surface area (Å²) in [6.07, 6.45) is 37.7. The second kappa shape index (κ2) is 46.3. The Kier molecular flexibility index (Phi) is 42.7. The van der Waals surface area contributed by atoms with Crippen LogP contribution in [0.3, 0.4) is 0 Å². The van der Waals surface area contributed by atoms with Gasteiger partial charge in [-0.25, -0.2) is 0 Å². The van der Waals surface area contributed by atoms with Crippen LogP contribution in [0, 0.1) is 0 Å². The van der Waals surface area contributed by atoms with Gasteiger partial charge in [-0.05, 0) is 70.6 Å². The summed E-state index contributed by atoms with van der Waals surface area (Å²) >= 11 is 0. The third-order valence-corrected chi connectivity index (χ3v) is 14.1. The zero-order valence-electron chi connectivity index (χ0n) is 45.9. The number of allylic oxidation sites excluding steroid dienone is 6. The highest BCUT2D eigenvalue weighted by Gasteiger charge is 2.47. The molecule has 2 aliphatic rings. The van der Waals surface area contributed by atoms with Gasteiger partial charge in [-0.1, -0.05) is 192 Å². The van der Waals surface area contributed by atoms with Crippen molar-refractivity contribution in [2.24, 2.45) is 0 Å². The second-order valence-electron chi connectivity index (χ2n) is 20.8.